The lowest BCUT2D eigenvalue weighted by molar-refractivity contribution is 0.456. The standard InChI is InChI=1S/C15H18N2O/c1-11-7-8-12(2)14(9-11)18-15-6-4-5-13(17-15)10-16-3/h4-9,16H,10H2,1-3H3. The van der Waals surface area contributed by atoms with Crippen LogP contribution in [0.1, 0.15) is 16.8 Å². The molecule has 18 heavy (non-hydrogen) atoms. The third kappa shape index (κ3) is 3.08. The number of nitrogens with zero attached hydrogens (tertiary/aromatic N) is 1. The van der Waals surface area contributed by atoms with Crippen molar-refractivity contribution in [2.75, 3.05) is 7.05 Å². The molecule has 1 N–H and O–H groups in total. The van der Waals surface area contributed by atoms with E-state index in [1.807, 2.05) is 38.2 Å². The second-order valence-electron chi connectivity index (χ2n) is 4.37. The lowest BCUT2D eigenvalue weighted by atomic mass is 10.1. The maximum atomic E-state index is 5.84. The first kappa shape index (κ1) is 12.6. The number of hydrogen-bond donors (Lipinski definition) is 1. The first-order valence-corrected chi connectivity index (χ1v) is 6.04. The van der Waals surface area contributed by atoms with Crippen molar-refractivity contribution >= 4 is 0 Å². The summed E-state index contributed by atoms with van der Waals surface area (Å²) in [6, 6.07) is 12.0. The molecule has 0 aliphatic heterocycles. The fourth-order valence-corrected chi connectivity index (χ4v) is 1.72. The number of benzene rings is 1. The fourth-order valence-electron chi connectivity index (χ4n) is 1.72. The molecule has 3 nitrogen and oxygen atoms in total. The highest BCUT2D eigenvalue weighted by Gasteiger charge is 2.03. The average Bonchev–Trinajstić information content (AvgIpc) is 2.35. The van der Waals surface area contributed by atoms with E-state index in [2.05, 4.69) is 29.4 Å². The summed E-state index contributed by atoms with van der Waals surface area (Å²) < 4.78 is 5.84. The number of nitrogens with one attached hydrogen (secondary N) is 1. The first-order chi connectivity index (χ1) is 8.69. The van der Waals surface area contributed by atoms with Crippen molar-refractivity contribution in [2.24, 2.45) is 0 Å². The zero-order chi connectivity index (χ0) is 13.0. The summed E-state index contributed by atoms with van der Waals surface area (Å²) >= 11 is 0. The van der Waals surface area contributed by atoms with Crippen LogP contribution in [-0.2, 0) is 6.54 Å². The van der Waals surface area contributed by atoms with Crippen LogP contribution in [0.25, 0.3) is 0 Å². The van der Waals surface area contributed by atoms with Crippen molar-refractivity contribution in [2.45, 2.75) is 20.4 Å². The molecule has 2 rings (SSSR count). The maximum absolute atomic E-state index is 5.84. The molecule has 0 unspecified atom stereocenters. The third-order valence-electron chi connectivity index (χ3n) is 2.70. The van der Waals surface area contributed by atoms with Crippen LogP contribution in [-0.4, -0.2) is 12.0 Å². The summed E-state index contributed by atoms with van der Waals surface area (Å²) in [7, 11) is 1.90. The van der Waals surface area contributed by atoms with E-state index in [0.717, 1.165) is 23.6 Å². The Morgan fingerprint density at radius 1 is 1.17 bits per heavy atom. The van der Waals surface area contributed by atoms with Gasteiger partial charge in [0.05, 0.1) is 5.69 Å². The maximum Gasteiger partial charge on any atom is 0.219 e. The quantitative estimate of drug-likeness (QED) is 0.894. The highest BCUT2D eigenvalue weighted by molar-refractivity contribution is 5.38. The Labute approximate surface area is 108 Å². The molecule has 1 aromatic carbocycles. The summed E-state index contributed by atoms with van der Waals surface area (Å²) in [5, 5.41) is 3.08. The molecule has 0 radical (unpaired) electrons. The van der Waals surface area contributed by atoms with Gasteiger partial charge in [0.2, 0.25) is 5.88 Å². The van der Waals surface area contributed by atoms with Crippen molar-refractivity contribution in [1.29, 1.82) is 0 Å². The molecule has 0 atom stereocenters. The van der Waals surface area contributed by atoms with Crippen molar-refractivity contribution in [1.82, 2.24) is 10.3 Å². The van der Waals surface area contributed by atoms with Crippen LogP contribution >= 0.6 is 0 Å². The van der Waals surface area contributed by atoms with Gasteiger partial charge >= 0.3 is 0 Å². The first-order valence-electron chi connectivity index (χ1n) is 6.04. The molecule has 0 saturated carbocycles. The van der Waals surface area contributed by atoms with Gasteiger partial charge in [-0.15, -0.1) is 0 Å². The number of ether oxygens (including phenoxy) is 1. The minimum atomic E-state index is 0.636. The lowest BCUT2D eigenvalue weighted by Gasteiger charge is -2.09. The number of hydrogen-bond acceptors (Lipinski definition) is 3. The van der Waals surface area contributed by atoms with Gasteiger partial charge in [0.1, 0.15) is 5.75 Å². The zero-order valence-corrected chi connectivity index (χ0v) is 11.0. The molecule has 1 aromatic heterocycles. The van der Waals surface area contributed by atoms with Crippen LogP contribution in [0.2, 0.25) is 0 Å². The van der Waals surface area contributed by atoms with Crippen molar-refractivity contribution < 1.29 is 4.74 Å². The van der Waals surface area contributed by atoms with E-state index in [4.69, 9.17) is 4.74 Å². The van der Waals surface area contributed by atoms with Crippen LogP contribution < -0.4 is 10.1 Å². The minimum absolute atomic E-state index is 0.636. The molecular weight excluding hydrogens is 224 g/mol. The molecule has 94 valence electrons. The van der Waals surface area contributed by atoms with Crippen molar-refractivity contribution in [3.63, 3.8) is 0 Å². The Kier molecular flexibility index (Phi) is 3.95. The molecule has 1 heterocycles. The molecule has 0 amide bonds. The van der Waals surface area contributed by atoms with Crippen LogP contribution in [0.3, 0.4) is 0 Å². The molecular formula is C15H18N2O. The zero-order valence-electron chi connectivity index (χ0n) is 11.0. The highest BCUT2D eigenvalue weighted by atomic mass is 16.5. The van der Waals surface area contributed by atoms with Gasteiger partial charge < -0.3 is 10.1 Å². The van der Waals surface area contributed by atoms with Crippen molar-refractivity contribution in [3.8, 4) is 11.6 Å². The predicted molar refractivity (Wildman–Crippen MR) is 73.0 cm³/mol. The Balaban J connectivity index is 2.22. The second-order valence-corrected chi connectivity index (χ2v) is 4.37. The van der Waals surface area contributed by atoms with E-state index in [0.29, 0.717) is 5.88 Å². The highest BCUT2D eigenvalue weighted by Crippen LogP contribution is 2.24. The smallest absolute Gasteiger partial charge is 0.219 e. The third-order valence-corrected chi connectivity index (χ3v) is 2.70. The van der Waals surface area contributed by atoms with E-state index in [9.17, 15) is 0 Å². The summed E-state index contributed by atoms with van der Waals surface area (Å²) in [6.07, 6.45) is 0. The number of aryl methyl sites for hydroxylation is 2. The number of aromatic nitrogens is 1. The topological polar surface area (TPSA) is 34.1 Å². The molecule has 0 saturated heterocycles. The summed E-state index contributed by atoms with van der Waals surface area (Å²) in [5.74, 6) is 1.50. The van der Waals surface area contributed by atoms with E-state index in [1.54, 1.807) is 0 Å². The van der Waals surface area contributed by atoms with Gasteiger partial charge in [-0.3, -0.25) is 0 Å². The molecule has 3 heteroatoms. The van der Waals surface area contributed by atoms with E-state index < -0.39 is 0 Å². The van der Waals surface area contributed by atoms with Gasteiger partial charge in [-0.2, -0.15) is 0 Å². The largest absolute Gasteiger partial charge is 0.439 e. The second kappa shape index (κ2) is 5.65. The van der Waals surface area contributed by atoms with E-state index >= 15 is 0 Å². The molecule has 2 aromatic rings. The Morgan fingerprint density at radius 2 is 2.00 bits per heavy atom. The van der Waals surface area contributed by atoms with Crippen LogP contribution in [0, 0.1) is 13.8 Å². The van der Waals surface area contributed by atoms with E-state index in [-0.39, 0.29) is 0 Å². The molecule has 0 spiro atoms. The monoisotopic (exact) mass is 242 g/mol. The van der Waals surface area contributed by atoms with Gasteiger partial charge in [0, 0.05) is 12.6 Å². The van der Waals surface area contributed by atoms with Gasteiger partial charge in [0.25, 0.3) is 0 Å². The van der Waals surface area contributed by atoms with Gasteiger partial charge in [-0.05, 0) is 44.2 Å². The van der Waals surface area contributed by atoms with Crippen LogP contribution in [0.5, 0.6) is 11.6 Å². The lowest BCUT2D eigenvalue weighted by Crippen LogP contribution is -2.07. The fraction of sp³-hybridized carbons (Fsp3) is 0.267. The van der Waals surface area contributed by atoms with Crippen LogP contribution in [0.4, 0.5) is 0 Å². The Morgan fingerprint density at radius 3 is 2.78 bits per heavy atom. The molecule has 0 aliphatic carbocycles. The van der Waals surface area contributed by atoms with Gasteiger partial charge in [-0.25, -0.2) is 4.98 Å². The predicted octanol–water partition coefficient (Wildman–Crippen LogP) is 3.21. The van der Waals surface area contributed by atoms with E-state index in [1.165, 1.54) is 5.56 Å². The SMILES string of the molecule is CNCc1cccc(Oc2cc(C)ccc2C)n1. The normalized spacial score (nSPS) is 10.4. The average molecular weight is 242 g/mol. The van der Waals surface area contributed by atoms with Gasteiger partial charge in [0.15, 0.2) is 0 Å². The number of rotatable bonds is 4. The van der Waals surface area contributed by atoms with Crippen molar-refractivity contribution in [3.05, 3.63) is 53.2 Å². The van der Waals surface area contributed by atoms with Gasteiger partial charge in [-0.1, -0.05) is 18.2 Å². The summed E-state index contributed by atoms with van der Waals surface area (Å²) in [4.78, 5) is 4.44. The molecule has 0 bridgehead atoms. The number of pyridine rings is 1. The summed E-state index contributed by atoms with van der Waals surface area (Å²) in [5.41, 5.74) is 3.27. The minimum Gasteiger partial charge on any atom is -0.439 e. The Bertz CT molecular complexity index is 538. The Hall–Kier alpha value is -1.87. The molecule has 0 fully saturated rings. The summed E-state index contributed by atoms with van der Waals surface area (Å²) in [6.45, 7) is 4.83. The van der Waals surface area contributed by atoms with Crippen LogP contribution in [0.15, 0.2) is 36.4 Å². The molecule has 0 aliphatic rings.